The van der Waals surface area contributed by atoms with E-state index in [1.165, 1.54) is 4.68 Å². The second-order valence-electron chi connectivity index (χ2n) is 7.12. The number of nitrogens with zero attached hydrogens (tertiary/aromatic N) is 5. The minimum Gasteiger partial charge on any atom is -0.365 e. The van der Waals surface area contributed by atoms with Crippen molar-refractivity contribution in [3.63, 3.8) is 0 Å². The third-order valence-electron chi connectivity index (χ3n) is 5.09. The number of thioether (sulfide) groups is 1. The lowest BCUT2D eigenvalue weighted by atomic mass is 10.2. The van der Waals surface area contributed by atoms with E-state index in [2.05, 4.69) is 10.1 Å². The maximum atomic E-state index is 12.7. The molecule has 0 spiro atoms. The number of piperazine rings is 1. The van der Waals surface area contributed by atoms with Crippen molar-refractivity contribution in [1.82, 2.24) is 19.7 Å². The predicted octanol–water partition coefficient (Wildman–Crippen LogP) is 2.86. The van der Waals surface area contributed by atoms with Crippen LogP contribution in [0.3, 0.4) is 0 Å². The van der Waals surface area contributed by atoms with Gasteiger partial charge in [0.25, 0.3) is 5.56 Å². The Hall–Kier alpha value is -2.84. The van der Waals surface area contributed by atoms with Crippen molar-refractivity contribution in [3.8, 4) is 5.69 Å². The van der Waals surface area contributed by atoms with E-state index in [9.17, 15) is 9.59 Å². The van der Waals surface area contributed by atoms with E-state index in [0.29, 0.717) is 43.3 Å². The maximum Gasteiger partial charge on any atom is 0.292 e. The number of aromatic nitrogens is 3. The van der Waals surface area contributed by atoms with Gasteiger partial charge < -0.3 is 9.80 Å². The Morgan fingerprint density at radius 1 is 1.03 bits per heavy atom. The summed E-state index contributed by atoms with van der Waals surface area (Å²) in [6.07, 6.45) is 5.18. The number of benzene rings is 1. The Morgan fingerprint density at radius 2 is 1.81 bits per heavy atom. The summed E-state index contributed by atoms with van der Waals surface area (Å²) in [6.45, 7) is 2.39. The number of carbonyl (C=O) groups is 1. The monoisotopic (exact) mass is 455 g/mol. The van der Waals surface area contributed by atoms with Gasteiger partial charge in [0.2, 0.25) is 5.91 Å². The number of amides is 1. The summed E-state index contributed by atoms with van der Waals surface area (Å²) < 4.78 is 1.30. The fraction of sp³-hybridized carbons (Fsp3) is 0.273. The van der Waals surface area contributed by atoms with Crippen molar-refractivity contribution in [2.45, 2.75) is 5.75 Å². The van der Waals surface area contributed by atoms with Crippen LogP contribution in [-0.2, 0) is 10.5 Å². The van der Waals surface area contributed by atoms with Gasteiger partial charge in [-0.05, 0) is 23.8 Å². The Kier molecular flexibility index (Phi) is 6.89. The minimum absolute atomic E-state index is 0.122. The van der Waals surface area contributed by atoms with Gasteiger partial charge in [-0.15, -0.1) is 11.8 Å². The Labute approximate surface area is 189 Å². The van der Waals surface area contributed by atoms with E-state index in [4.69, 9.17) is 11.6 Å². The van der Waals surface area contributed by atoms with Crippen molar-refractivity contribution in [1.29, 1.82) is 0 Å². The van der Waals surface area contributed by atoms with Crippen molar-refractivity contribution >= 4 is 35.0 Å². The van der Waals surface area contributed by atoms with Gasteiger partial charge in [0.1, 0.15) is 5.02 Å². The van der Waals surface area contributed by atoms with E-state index in [-0.39, 0.29) is 16.5 Å². The molecule has 9 heteroatoms. The van der Waals surface area contributed by atoms with E-state index in [1.54, 1.807) is 36.3 Å². The lowest BCUT2D eigenvalue weighted by molar-refractivity contribution is -0.128. The van der Waals surface area contributed by atoms with Crippen LogP contribution in [0.4, 0.5) is 5.69 Å². The van der Waals surface area contributed by atoms with E-state index in [1.807, 2.05) is 46.3 Å². The number of para-hydroxylation sites is 1. The van der Waals surface area contributed by atoms with Crippen LogP contribution in [0.1, 0.15) is 5.56 Å². The summed E-state index contributed by atoms with van der Waals surface area (Å²) in [5.74, 6) is 1.32. The standard InChI is InChI=1S/C22H22ClN5O2S/c23-21-19(14-25-28(22(21)30)18-6-2-1-3-7-18)26-9-11-27(12-10-26)20(29)16-31-15-17-5-4-8-24-13-17/h1-8,13-14H,9-12,15-16H2. The Balaban J connectivity index is 1.34. The molecule has 1 aliphatic heterocycles. The van der Waals surface area contributed by atoms with E-state index in [0.717, 1.165) is 11.3 Å². The molecule has 3 aromatic rings. The van der Waals surface area contributed by atoms with Gasteiger partial charge in [-0.2, -0.15) is 9.78 Å². The first-order valence-electron chi connectivity index (χ1n) is 9.96. The number of pyridine rings is 1. The van der Waals surface area contributed by atoms with Gasteiger partial charge in [0.15, 0.2) is 0 Å². The summed E-state index contributed by atoms with van der Waals surface area (Å²) in [5.41, 5.74) is 2.03. The number of hydrogen-bond acceptors (Lipinski definition) is 6. The molecular weight excluding hydrogens is 434 g/mol. The first kappa shape index (κ1) is 21.4. The molecule has 0 bridgehead atoms. The minimum atomic E-state index is -0.351. The molecule has 1 fully saturated rings. The van der Waals surface area contributed by atoms with Gasteiger partial charge in [-0.25, -0.2) is 0 Å². The molecule has 1 aliphatic rings. The Morgan fingerprint density at radius 3 is 2.52 bits per heavy atom. The molecular formula is C22H22ClN5O2S. The Bertz CT molecular complexity index is 1090. The van der Waals surface area contributed by atoms with Crippen LogP contribution in [0.15, 0.2) is 65.8 Å². The molecule has 0 atom stereocenters. The largest absolute Gasteiger partial charge is 0.365 e. The predicted molar refractivity (Wildman–Crippen MR) is 124 cm³/mol. The lowest BCUT2D eigenvalue weighted by Crippen LogP contribution is -2.49. The number of rotatable bonds is 6. The highest BCUT2D eigenvalue weighted by atomic mass is 35.5. The maximum absolute atomic E-state index is 12.7. The number of anilines is 1. The zero-order valence-electron chi connectivity index (χ0n) is 16.9. The second-order valence-corrected chi connectivity index (χ2v) is 8.48. The fourth-order valence-electron chi connectivity index (χ4n) is 3.43. The quantitative estimate of drug-likeness (QED) is 0.569. The van der Waals surface area contributed by atoms with Crippen LogP contribution in [-0.4, -0.2) is 57.5 Å². The zero-order valence-corrected chi connectivity index (χ0v) is 18.4. The molecule has 4 rings (SSSR count). The average molecular weight is 456 g/mol. The first-order valence-corrected chi connectivity index (χ1v) is 11.5. The molecule has 0 radical (unpaired) electrons. The molecule has 0 saturated carbocycles. The highest BCUT2D eigenvalue weighted by Crippen LogP contribution is 2.23. The van der Waals surface area contributed by atoms with Crippen LogP contribution < -0.4 is 10.5 Å². The first-order chi connectivity index (χ1) is 15.1. The van der Waals surface area contributed by atoms with Crippen molar-refractivity contribution in [2.75, 3.05) is 36.8 Å². The summed E-state index contributed by atoms with van der Waals surface area (Å²) in [7, 11) is 0. The average Bonchev–Trinajstić information content (AvgIpc) is 2.82. The number of halogens is 1. The molecule has 31 heavy (non-hydrogen) atoms. The highest BCUT2D eigenvalue weighted by Gasteiger charge is 2.24. The van der Waals surface area contributed by atoms with Gasteiger partial charge >= 0.3 is 0 Å². The van der Waals surface area contributed by atoms with Gasteiger partial charge in [-0.3, -0.25) is 14.6 Å². The molecule has 3 heterocycles. The fourth-order valence-corrected chi connectivity index (χ4v) is 4.54. The molecule has 1 aromatic carbocycles. The van der Waals surface area contributed by atoms with Crippen LogP contribution in [0.25, 0.3) is 5.69 Å². The molecule has 0 aliphatic carbocycles. The normalized spacial score (nSPS) is 14.0. The summed E-state index contributed by atoms with van der Waals surface area (Å²) in [6, 6.07) is 13.1. The number of hydrogen-bond donors (Lipinski definition) is 0. The van der Waals surface area contributed by atoms with Crippen LogP contribution in [0.5, 0.6) is 0 Å². The molecule has 0 unspecified atom stereocenters. The van der Waals surface area contributed by atoms with Crippen molar-refractivity contribution < 1.29 is 4.79 Å². The molecule has 1 amide bonds. The van der Waals surface area contributed by atoms with Crippen LogP contribution >= 0.6 is 23.4 Å². The molecule has 2 aromatic heterocycles. The van der Waals surface area contributed by atoms with E-state index >= 15 is 0 Å². The van der Waals surface area contributed by atoms with Crippen molar-refractivity contribution in [2.24, 2.45) is 0 Å². The third-order valence-corrected chi connectivity index (χ3v) is 6.44. The third kappa shape index (κ3) is 5.08. The molecule has 7 nitrogen and oxygen atoms in total. The van der Waals surface area contributed by atoms with E-state index < -0.39 is 0 Å². The smallest absolute Gasteiger partial charge is 0.292 e. The molecule has 1 saturated heterocycles. The van der Waals surface area contributed by atoms with Crippen LogP contribution in [0, 0.1) is 0 Å². The molecule has 160 valence electrons. The second kappa shape index (κ2) is 9.98. The lowest BCUT2D eigenvalue weighted by Gasteiger charge is -2.36. The SMILES string of the molecule is O=C(CSCc1cccnc1)N1CCN(c2cnn(-c3ccccc3)c(=O)c2Cl)CC1. The van der Waals surface area contributed by atoms with Gasteiger partial charge in [0, 0.05) is 44.3 Å². The summed E-state index contributed by atoms with van der Waals surface area (Å²) >= 11 is 7.99. The zero-order chi connectivity index (χ0) is 21.6. The van der Waals surface area contributed by atoms with Crippen molar-refractivity contribution in [3.05, 3.63) is 82.0 Å². The van der Waals surface area contributed by atoms with Crippen LogP contribution in [0.2, 0.25) is 5.02 Å². The highest BCUT2D eigenvalue weighted by molar-refractivity contribution is 7.99. The molecule has 0 N–H and O–H groups in total. The number of carbonyl (C=O) groups excluding carboxylic acids is 1. The summed E-state index contributed by atoms with van der Waals surface area (Å²) in [4.78, 5) is 33.2. The topological polar surface area (TPSA) is 71.3 Å². The summed E-state index contributed by atoms with van der Waals surface area (Å²) in [5, 5.41) is 4.44. The van der Waals surface area contributed by atoms with Gasteiger partial charge in [-0.1, -0.05) is 35.9 Å². The van der Waals surface area contributed by atoms with Gasteiger partial charge in [0.05, 0.1) is 23.3 Å².